The summed E-state index contributed by atoms with van der Waals surface area (Å²) in [6.45, 7) is 4.47. The number of unbranched alkanes of at least 4 members (excludes halogenated alkanes) is 12. The minimum absolute atomic E-state index is 0.0172. The number of hydrogen-bond acceptors (Lipinski definition) is 7. The fourth-order valence-corrected chi connectivity index (χ4v) is 5.69. The Balaban J connectivity index is 4.49. The van der Waals surface area contributed by atoms with Crippen molar-refractivity contribution in [3.8, 4) is 0 Å². The summed E-state index contributed by atoms with van der Waals surface area (Å²) in [4.78, 5) is 36.7. The van der Waals surface area contributed by atoms with Crippen LogP contribution in [0, 0.1) is 0 Å². The van der Waals surface area contributed by atoms with E-state index in [0.29, 0.717) is 12.8 Å². The maximum Gasteiger partial charge on any atom is 0.306 e. The van der Waals surface area contributed by atoms with Gasteiger partial charge in [-0.05, 0) is 51.4 Å². The fourth-order valence-electron chi connectivity index (χ4n) is 5.69. The number of quaternary nitrogens is 1. The van der Waals surface area contributed by atoms with E-state index in [1.807, 2.05) is 0 Å². The predicted octanol–water partition coefficient (Wildman–Crippen LogP) is 9.69. The first-order valence-electron chi connectivity index (χ1n) is 20.8. The molecule has 0 rings (SSSR count). The molecule has 0 spiro atoms. The molecular weight excluding hydrogens is 666 g/mol. The smallest absolute Gasteiger partial charge is 0.306 e. The third kappa shape index (κ3) is 34.5. The molecule has 0 aliphatic heterocycles. The van der Waals surface area contributed by atoms with E-state index in [9.17, 15) is 19.5 Å². The van der Waals surface area contributed by atoms with Crippen LogP contribution < -0.4 is 5.11 Å². The Labute approximate surface area is 324 Å². The van der Waals surface area contributed by atoms with Crippen molar-refractivity contribution in [1.82, 2.24) is 0 Å². The van der Waals surface area contributed by atoms with Gasteiger partial charge in [0.1, 0.15) is 12.6 Å². The second-order valence-corrected chi connectivity index (χ2v) is 14.8. The molecule has 0 radical (unpaired) electrons. The van der Waals surface area contributed by atoms with E-state index in [2.05, 4.69) is 74.6 Å². The number of ether oxygens (including phenoxy) is 3. The number of carboxylic acids is 1. The molecule has 0 N–H and O–H groups in total. The molecule has 0 amide bonds. The first-order chi connectivity index (χ1) is 25.6. The van der Waals surface area contributed by atoms with E-state index >= 15 is 0 Å². The molecule has 0 saturated carbocycles. The van der Waals surface area contributed by atoms with Crippen LogP contribution in [0.5, 0.6) is 0 Å². The van der Waals surface area contributed by atoms with E-state index < -0.39 is 18.1 Å². The van der Waals surface area contributed by atoms with Crippen LogP contribution in [-0.2, 0) is 28.6 Å². The van der Waals surface area contributed by atoms with Crippen molar-refractivity contribution < 1.29 is 38.2 Å². The van der Waals surface area contributed by atoms with Crippen LogP contribution in [-0.4, -0.2) is 75.5 Å². The molecule has 2 unspecified atom stereocenters. The molecule has 0 aliphatic rings. The molecular formula is C45H77NO7. The fraction of sp³-hybridized carbons (Fsp3) is 0.711. The largest absolute Gasteiger partial charge is 0.544 e. The summed E-state index contributed by atoms with van der Waals surface area (Å²) in [5.41, 5.74) is 0. The van der Waals surface area contributed by atoms with Gasteiger partial charge < -0.3 is 28.6 Å². The first kappa shape index (κ1) is 50.0. The lowest BCUT2D eigenvalue weighted by atomic mass is 10.0. The minimum atomic E-state index is -1.14. The summed E-state index contributed by atoms with van der Waals surface area (Å²) < 4.78 is 17.1. The number of carbonyl (C=O) groups excluding carboxylic acids is 3. The van der Waals surface area contributed by atoms with Crippen LogP contribution in [0.15, 0.2) is 60.8 Å². The van der Waals surface area contributed by atoms with E-state index in [4.69, 9.17) is 14.2 Å². The summed E-state index contributed by atoms with van der Waals surface area (Å²) in [6.07, 6.45) is 42.5. The number of hydrogen-bond donors (Lipinski definition) is 0. The highest BCUT2D eigenvalue weighted by Gasteiger charge is 2.25. The molecule has 0 aliphatic carbocycles. The number of carboxylic acid groups (broad SMARTS) is 1. The van der Waals surface area contributed by atoms with Crippen LogP contribution >= 0.6 is 0 Å². The summed E-state index contributed by atoms with van der Waals surface area (Å²) in [5.74, 6) is -1.82. The van der Waals surface area contributed by atoms with Crippen molar-refractivity contribution in [2.75, 3.05) is 41.0 Å². The van der Waals surface area contributed by atoms with E-state index in [0.717, 1.165) is 57.8 Å². The highest BCUT2D eigenvalue weighted by molar-refractivity contribution is 5.70. The van der Waals surface area contributed by atoms with Crippen molar-refractivity contribution in [3.05, 3.63) is 60.8 Å². The minimum Gasteiger partial charge on any atom is -0.544 e. The van der Waals surface area contributed by atoms with Gasteiger partial charge in [-0.15, -0.1) is 0 Å². The molecule has 0 bridgehead atoms. The summed E-state index contributed by atoms with van der Waals surface area (Å²) in [5, 5.41) is 11.6. The molecule has 0 aromatic heterocycles. The highest BCUT2D eigenvalue weighted by atomic mass is 16.6. The monoisotopic (exact) mass is 744 g/mol. The standard InChI is InChI=1S/C45H77NO7/c1-6-8-10-12-14-16-18-20-21-22-23-24-26-28-30-32-34-36-44(48)53-41(39-51-38-37-42(45(49)50)46(3,4)5)40-52-43(47)35-33-31-29-27-25-19-17-15-13-11-9-7-2/h8,10,14,16,20-21,23-24,28,30,41-42H,6-7,9,11-13,15,17-19,22,25-27,29,31-40H2,1-5H3/b10-8+,16-14+,21-20+,24-23+,30-28+. The van der Waals surface area contributed by atoms with Crippen LogP contribution in [0.3, 0.4) is 0 Å². The quantitative estimate of drug-likeness (QED) is 0.0273. The number of allylic oxidation sites excluding steroid dienone is 10. The van der Waals surface area contributed by atoms with Crippen molar-refractivity contribution >= 4 is 17.9 Å². The second-order valence-electron chi connectivity index (χ2n) is 14.8. The molecule has 0 saturated heterocycles. The molecule has 0 aromatic carbocycles. The van der Waals surface area contributed by atoms with Crippen molar-refractivity contribution in [1.29, 1.82) is 0 Å². The van der Waals surface area contributed by atoms with Gasteiger partial charge in [-0.3, -0.25) is 9.59 Å². The van der Waals surface area contributed by atoms with E-state index in [1.165, 1.54) is 57.8 Å². The number of nitrogens with zero attached hydrogens (tertiary/aromatic N) is 1. The van der Waals surface area contributed by atoms with Crippen molar-refractivity contribution in [2.24, 2.45) is 0 Å². The van der Waals surface area contributed by atoms with Gasteiger partial charge in [0.15, 0.2) is 6.10 Å². The lowest BCUT2D eigenvalue weighted by Gasteiger charge is -2.34. The van der Waals surface area contributed by atoms with Crippen molar-refractivity contribution in [3.63, 3.8) is 0 Å². The van der Waals surface area contributed by atoms with Crippen LogP contribution in [0.2, 0.25) is 0 Å². The number of carbonyl (C=O) groups is 3. The van der Waals surface area contributed by atoms with Crippen LogP contribution in [0.4, 0.5) is 0 Å². The molecule has 0 aromatic rings. The molecule has 304 valence electrons. The van der Waals surface area contributed by atoms with E-state index in [1.54, 1.807) is 21.1 Å². The number of aliphatic carboxylic acids is 1. The van der Waals surface area contributed by atoms with E-state index in [-0.39, 0.29) is 49.1 Å². The Morgan fingerprint density at radius 3 is 1.55 bits per heavy atom. The number of esters is 2. The van der Waals surface area contributed by atoms with Gasteiger partial charge in [0.05, 0.1) is 40.3 Å². The second kappa shape index (κ2) is 36.0. The van der Waals surface area contributed by atoms with Gasteiger partial charge in [-0.2, -0.15) is 0 Å². The number of rotatable bonds is 36. The maximum absolute atomic E-state index is 12.7. The van der Waals surface area contributed by atoms with Gasteiger partial charge in [0, 0.05) is 19.3 Å². The zero-order valence-electron chi connectivity index (χ0n) is 34.4. The average molecular weight is 744 g/mol. The molecule has 8 nitrogen and oxygen atoms in total. The zero-order chi connectivity index (χ0) is 39.3. The molecule has 2 atom stereocenters. The van der Waals surface area contributed by atoms with Gasteiger partial charge >= 0.3 is 11.9 Å². The Morgan fingerprint density at radius 1 is 0.585 bits per heavy atom. The SMILES string of the molecule is CC/C=C/C/C=C/C/C=C/C/C=C/C/C=C/CCCC(=O)OC(COCCC(C(=O)[O-])[N+](C)(C)C)COC(=O)CCCCCCCCCCCCCC. The highest BCUT2D eigenvalue weighted by Crippen LogP contribution is 2.13. The Kier molecular flexibility index (Phi) is 34.0. The predicted molar refractivity (Wildman–Crippen MR) is 217 cm³/mol. The molecule has 8 heteroatoms. The topological polar surface area (TPSA) is 102 Å². The third-order valence-electron chi connectivity index (χ3n) is 8.92. The van der Waals surface area contributed by atoms with Gasteiger partial charge in [-0.1, -0.05) is 145 Å². The molecule has 0 fully saturated rings. The Hall–Kier alpha value is -2.97. The lowest BCUT2D eigenvalue weighted by Crippen LogP contribution is -2.55. The summed E-state index contributed by atoms with van der Waals surface area (Å²) in [6, 6.07) is -0.736. The van der Waals surface area contributed by atoms with Crippen LogP contribution in [0.1, 0.15) is 155 Å². The van der Waals surface area contributed by atoms with Gasteiger partial charge in [-0.25, -0.2) is 0 Å². The molecule has 0 heterocycles. The Morgan fingerprint density at radius 2 is 1.06 bits per heavy atom. The number of likely N-dealkylation sites (N-methyl/N-ethyl adjacent to an activating group) is 1. The van der Waals surface area contributed by atoms with Crippen molar-refractivity contribution in [2.45, 2.75) is 167 Å². The average Bonchev–Trinajstić information content (AvgIpc) is 3.11. The first-order valence-corrected chi connectivity index (χ1v) is 20.8. The Bertz CT molecular complexity index is 1050. The summed E-state index contributed by atoms with van der Waals surface area (Å²) in [7, 11) is 5.38. The molecule has 53 heavy (non-hydrogen) atoms. The third-order valence-corrected chi connectivity index (χ3v) is 8.92. The maximum atomic E-state index is 12.7. The van der Waals surface area contributed by atoms with Crippen LogP contribution in [0.25, 0.3) is 0 Å². The zero-order valence-corrected chi connectivity index (χ0v) is 34.4. The summed E-state index contributed by atoms with van der Waals surface area (Å²) >= 11 is 0. The lowest BCUT2D eigenvalue weighted by molar-refractivity contribution is -0.889. The van der Waals surface area contributed by atoms with Gasteiger partial charge in [0.2, 0.25) is 0 Å². The normalized spacial score (nSPS) is 13.6. The van der Waals surface area contributed by atoms with Gasteiger partial charge in [0.25, 0.3) is 0 Å².